The summed E-state index contributed by atoms with van der Waals surface area (Å²) in [5.41, 5.74) is 4.96. The lowest BCUT2D eigenvalue weighted by molar-refractivity contribution is -0.00186. The number of nitrogens with zero attached hydrogens (tertiary/aromatic N) is 1. The Morgan fingerprint density at radius 2 is 1.95 bits per heavy atom. The molecule has 20 heavy (non-hydrogen) atoms. The maximum atomic E-state index is 13.1. The highest BCUT2D eigenvalue weighted by molar-refractivity contribution is 7.13. The lowest BCUT2D eigenvalue weighted by Gasteiger charge is -2.14. The van der Waals surface area contributed by atoms with Crippen LogP contribution < -0.4 is 5.32 Å². The van der Waals surface area contributed by atoms with Gasteiger partial charge in [0.05, 0.1) is 22.6 Å². The van der Waals surface area contributed by atoms with Crippen LogP contribution in [0, 0.1) is 6.92 Å². The molecule has 0 aliphatic rings. The Labute approximate surface area is 121 Å². The SMILES string of the molecule is CCC(F)(F)CNCc1ccc(-c2scnc2C)cc1. The van der Waals surface area contributed by atoms with E-state index < -0.39 is 5.92 Å². The summed E-state index contributed by atoms with van der Waals surface area (Å²) >= 11 is 1.61. The van der Waals surface area contributed by atoms with Crippen molar-refractivity contribution in [3.05, 3.63) is 41.0 Å². The Hall–Kier alpha value is -1.33. The number of rotatable bonds is 6. The maximum Gasteiger partial charge on any atom is 0.260 e. The zero-order chi connectivity index (χ0) is 14.6. The summed E-state index contributed by atoms with van der Waals surface area (Å²) in [5.74, 6) is -2.63. The summed E-state index contributed by atoms with van der Waals surface area (Å²) in [6, 6.07) is 7.95. The van der Waals surface area contributed by atoms with Crippen molar-refractivity contribution in [1.82, 2.24) is 10.3 Å². The maximum absolute atomic E-state index is 13.1. The van der Waals surface area contributed by atoms with Crippen LogP contribution >= 0.6 is 11.3 Å². The molecule has 0 bridgehead atoms. The first-order valence-electron chi connectivity index (χ1n) is 6.60. The van der Waals surface area contributed by atoms with Gasteiger partial charge in [-0.25, -0.2) is 13.8 Å². The van der Waals surface area contributed by atoms with Gasteiger partial charge < -0.3 is 5.32 Å². The van der Waals surface area contributed by atoms with Gasteiger partial charge in [-0.1, -0.05) is 31.2 Å². The Morgan fingerprint density at radius 3 is 2.50 bits per heavy atom. The van der Waals surface area contributed by atoms with E-state index in [1.807, 2.05) is 36.7 Å². The molecule has 2 nitrogen and oxygen atoms in total. The molecular formula is C15H18F2N2S. The van der Waals surface area contributed by atoms with Crippen molar-refractivity contribution >= 4 is 11.3 Å². The van der Waals surface area contributed by atoms with Crippen molar-refractivity contribution < 1.29 is 8.78 Å². The minimum absolute atomic E-state index is 0.135. The van der Waals surface area contributed by atoms with Gasteiger partial charge in [-0.15, -0.1) is 11.3 Å². The molecule has 2 aromatic rings. The fraction of sp³-hybridized carbons (Fsp3) is 0.400. The minimum Gasteiger partial charge on any atom is -0.307 e. The first-order chi connectivity index (χ1) is 9.52. The molecule has 0 radical (unpaired) electrons. The molecule has 0 fully saturated rings. The van der Waals surface area contributed by atoms with Gasteiger partial charge >= 0.3 is 0 Å². The van der Waals surface area contributed by atoms with Gasteiger partial charge in [0.15, 0.2) is 0 Å². The first-order valence-corrected chi connectivity index (χ1v) is 7.48. The number of benzene rings is 1. The van der Waals surface area contributed by atoms with E-state index in [0.717, 1.165) is 21.7 Å². The third-order valence-electron chi connectivity index (χ3n) is 3.19. The predicted octanol–water partition coefficient (Wildman–Crippen LogP) is 4.25. The van der Waals surface area contributed by atoms with E-state index in [2.05, 4.69) is 10.3 Å². The van der Waals surface area contributed by atoms with E-state index in [-0.39, 0.29) is 13.0 Å². The molecule has 0 aliphatic heterocycles. The normalized spacial score (nSPS) is 11.8. The van der Waals surface area contributed by atoms with Crippen LogP contribution in [0.5, 0.6) is 0 Å². The number of halogens is 2. The molecule has 5 heteroatoms. The molecule has 0 saturated heterocycles. The Bertz CT molecular complexity index is 549. The minimum atomic E-state index is -2.63. The van der Waals surface area contributed by atoms with Crippen LogP contribution in [0.25, 0.3) is 10.4 Å². The predicted molar refractivity (Wildman–Crippen MR) is 79.2 cm³/mol. The summed E-state index contributed by atoms with van der Waals surface area (Å²) < 4.78 is 26.2. The van der Waals surface area contributed by atoms with Crippen LogP contribution in [-0.4, -0.2) is 17.5 Å². The molecule has 108 valence electrons. The molecule has 0 saturated carbocycles. The standard InChI is InChI=1S/C15H18F2N2S/c1-3-15(16,17)9-18-8-12-4-6-13(7-5-12)14-11(2)19-10-20-14/h4-7,10,18H,3,8-9H2,1-2H3. The Kier molecular flexibility index (Phi) is 4.83. The molecule has 1 N–H and O–H groups in total. The van der Waals surface area contributed by atoms with E-state index >= 15 is 0 Å². The number of aryl methyl sites for hydroxylation is 1. The summed E-state index contributed by atoms with van der Waals surface area (Å²) in [7, 11) is 0. The van der Waals surface area contributed by atoms with Crippen molar-refractivity contribution in [2.75, 3.05) is 6.54 Å². The number of hydrogen-bond acceptors (Lipinski definition) is 3. The largest absolute Gasteiger partial charge is 0.307 e. The monoisotopic (exact) mass is 296 g/mol. The number of nitrogens with one attached hydrogen (secondary N) is 1. The second-order valence-corrected chi connectivity index (χ2v) is 5.63. The van der Waals surface area contributed by atoms with E-state index in [1.165, 1.54) is 6.92 Å². The van der Waals surface area contributed by atoms with Gasteiger partial charge in [0.25, 0.3) is 5.92 Å². The zero-order valence-electron chi connectivity index (χ0n) is 11.6. The second kappa shape index (κ2) is 6.41. The Balaban J connectivity index is 1.94. The van der Waals surface area contributed by atoms with Gasteiger partial charge in [0.2, 0.25) is 0 Å². The van der Waals surface area contributed by atoms with Crippen LogP contribution in [0.4, 0.5) is 8.78 Å². The van der Waals surface area contributed by atoms with E-state index in [1.54, 1.807) is 11.3 Å². The zero-order valence-corrected chi connectivity index (χ0v) is 12.4. The van der Waals surface area contributed by atoms with Gasteiger partial charge in [-0.2, -0.15) is 0 Å². The molecular weight excluding hydrogens is 278 g/mol. The van der Waals surface area contributed by atoms with Crippen molar-refractivity contribution in [3.63, 3.8) is 0 Å². The average Bonchev–Trinajstić information content (AvgIpc) is 2.86. The lowest BCUT2D eigenvalue weighted by Crippen LogP contribution is -2.31. The molecule has 0 amide bonds. The number of thiazole rings is 1. The average molecular weight is 296 g/mol. The molecule has 1 aromatic heterocycles. The van der Waals surface area contributed by atoms with Crippen LogP contribution in [0.3, 0.4) is 0 Å². The summed E-state index contributed by atoms with van der Waals surface area (Å²) in [6.45, 7) is 3.65. The summed E-state index contributed by atoms with van der Waals surface area (Å²) in [5, 5.41) is 2.80. The van der Waals surface area contributed by atoms with Gasteiger partial charge in [0, 0.05) is 13.0 Å². The van der Waals surface area contributed by atoms with Crippen molar-refractivity contribution in [2.24, 2.45) is 0 Å². The molecule has 0 unspecified atom stereocenters. The number of aromatic nitrogens is 1. The molecule has 0 aliphatic carbocycles. The number of hydrogen-bond donors (Lipinski definition) is 1. The summed E-state index contributed by atoms with van der Waals surface area (Å²) in [6.07, 6.45) is -0.135. The van der Waals surface area contributed by atoms with E-state index in [9.17, 15) is 8.78 Å². The van der Waals surface area contributed by atoms with Crippen LogP contribution in [0.15, 0.2) is 29.8 Å². The molecule has 0 spiro atoms. The highest BCUT2D eigenvalue weighted by atomic mass is 32.1. The van der Waals surface area contributed by atoms with E-state index in [4.69, 9.17) is 0 Å². The Morgan fingerprint density at radius 1 is 1.25 bits per heavy atom. The molecule has 1 aromatic carbocycles. The fourth-order valence-corrected chi connectivity index (χ4v) is 2.68. The summed E-state index contributed by atoms with van der Waals surface area (Å²) in [4.78, 5) is 5.38. The van der Waals surface area contributed by atoms with Gasteiger partial charge in [-0.3, -0.25) is 0 Å². The number of alkyl halides is 2. The molecule has 1 heterocycles. The topological polar surface area (TPSA) is 24.9 Å². The van der Waals surface area contributed by atoms with Gasteiger partial charge in [0.1, 0.15) is 0 Å². The smallest absolute Gasteiger partial charge is 0.260 e. The highest BCUT2D eigenvalue weighted by Gasteiger charge is 2.24. The molecule has 0 atom stereocenters. The van der Waals surface area contributed by atoms with Crippen molar-refractivity contribution in [2.45, 2.75) is 32.7 Å². The van der Waals surface area contributed by atoms with Crippen LogP contribution in [0.2, 0.25) is 0 Å². The second-order valence-electron chi connectivity index (χ2n) is 4.78. The third kappa shape index (κ3) is 3.84. The fourth-order valence-electron chi connectivity index (χ4n) is 1.87. The van der Waals surface area contributed by atoms with Crippen LogP contribution in [0.1, 0.15) is 24.6 Å². The first kappa shape index (κ1) is 15.1. The quantitative estimate of drug-likeness (QED) is 0.862. The lowest BCUT2D eigenvalue weighted by atomic mass is 10.1. The van der Waals surface area contributed by atoms with Crippen molar-refractivity contribution in [3.8, 4) is 10.4 Å². The molecule has 2 rings (SSSR count). The highest BCUT2D eigenvalue weighted by Crippen LogP contribution is 2.27. The van der Waals surface area contributed by atoms with E-state index in [0.29, 0.717) is 6.54 Å². The third-order valence-corrected chi connectivity index (χ3v) is 4.17. The van der Waals surface area contributed by atoms with Gasteiger partial charge in [-0.05, 0) is 18.1 Å². The van der Waals surface area contributed by atoms with Crippen LogP contribution in [-0.2, 0) is 6.54 Å². The van der Waals surface area contributed by atoms with Crippen molar-refractivity contribution in [1.29, 1.82) is 0 Å².